The zero-order valence-corrected chi connectivity index (χ0v) is 11.6. The number of pyridine rings is 1. The third kappa shape index (κ3) is 2.71. The molecule has 1 amide bonds. The van der Waals surface area contributed by atoms with E-state index in [9.17, 15) is 9.18 Å². The molecular weight excluding hydrogens is 293 g/mol. The highest BCUT2D eigenvalue weighted by Crippen LogP contribution is 2.32. The van der Waals surface area contributed by atoms with Crippen molar-refractivity contribution in [3.8, 4) is 17.4 Å². The van der Waals surface area contributed by atoms with Crippen LogP contribution in [-0.2, 0) is 0 Å². The number of ether oxygens (including phenoxy) is 3. The number of hydrogen-bond donors (Lipinski definition) is 2. The lowest BCUT2D eigenvalue weighted by Gasteiger charge is -2.09. The Morgan fingerprint density at radius 1 is 1.32 bits per heavy atom. The largest absolute Gasteiger partial charge is 0.479 e. The number of methoxy groups -OCH3 is 1. The van der Waals surface area contributed by atoms with Crippen molar-refractivity contribution < 1.29 is 23.4 Å². The van der Waals surface area contributed by atoms with Crippen LogP contribution in [0.3, 0.4) is 0 Å². The second-order valence-electron chi connectivity index (χ2n) is 4.36. The Kier molecular flexibility index (Phi) is 3.65. The van der Waals surface area contributed by atoms with Gasteiger partial charge in [0, 0.05) is 11.6 Å². The van der Waals surface area contributed by atoms with Gasteiger partial charge < -0.3 is 14.2 Å². The standard InChI is InChI=1S/C14H12FN3O4/c1-20-14-10(15)5-9(6-16-14)17-18-13(19)8-2-3-11-12(4-8)22-7-21-11/h2-6,17H,7H2,1H3,(H,18,19). The van der Waals surface area contributed by atoms with Crippen LogP contribution < -0.4 is 25.1 Å². The van der Waals surface area contributed by atoms with Crippen LogP contribution >= 0.6 is 0 Å². The molecule has 0 aliphatic carbocycles. The van der Waals surface area contributed by atoms with Crippen molar-refractivity contribution in [2.75, 3.05) is 19.3 Å². The highest BCUT2D eigenvalue weighted by atomic mass is 19.1. The fraction of sp³-hybridized carbons (Fsp3) is 0.143. The summed E-state index contributed by atoms with van der Waals surface area (Å²) in [6, 6.07) is 5.96. The van der Waals surface area contributed by atoms with E-state index in [1.165, 1.54) is 13.3 Å². The van der Waals surface area contributed by atoms with Gasteiger partial charge in [0.05, 0.1) is 19.0 Å². The van der Waals surface area contributed by atoms with Crippen molar-refractivity contribution in [2.45, 2.75) is 0 Å². The lowest BCUT2D eigenvalue weighted by Crippen LogP contribution is -2.29. The summed E-state index contributed by atoms with van der Waals surface area (Å²) >= 11 is 0. The van der Waals surface area contributed by atoms with Crippen LogP contribution in [0.5, 0.6) is 17.4 Å². The number of nitrogens with one attached hydrogen (secondary N) is 2. The monoisotopic (exact) mass is 305 g/mol. The predicted octanol–water partition coefficient (Wildman–Crippen LogP) is 1.71. The summed E-state index contributed by atoms with van der Waals surface area (Å²) in [5.74, 6) is -0.0669. The van der Waals surface area contributed by atoms with E-state index in [4.69, 9.17) is 14.2 Å². The molecule has 2 N–H and O–H groups in total. The second-order valence-corrected chi connectivity index (χ2v) is 4.36. The fourth-order valence-corrected chi connectivity index (χ4v) is 1.88. The molecule has 0 saturated carbocycles. The van der Waals surface area contributed by atoms with Crippen molar-refractivity contribution in [1.82, 2.24) is 10.4 Å². The minimum Gasteiger partial charge on any atom is -0.479 e. The topological polar surface area (TPSA) is 81.7 Å². The minimum absolute atomic E-state index is 0.118. The van der Waals surface area contributed by atoms with Crippen LogP contribution in [0.1, 0.15) is 10.4 Å². The molecule has 2 heterocycles. The summed E-state index contributed by atoms with van der Waals surface area (Å²) in [6.45, 7) is 0.134. The molecule has 3 rings (SSSR count). The van der Waals surface area contributed by atoms with E-state index >= 15 is 0 Å². The quantitative estimate of drug-likeness (QED) is 0.837. The van der Waals surface area contributed by atoms with E-state index in [1.54, 1.807) is 18.2 Å². The van der Waals surface area contributed by atoms with Crippen molar-refractivity contribution in [1.29, 1.82) is 0 Å². The molecule has 0 unspecified atom stereocenters. The Morgan fingerprint density at radius 3 is 2.91 bits per heavy atom. The van der Waals surface area contributed by atoms with Gasteiger partial charge in [-0.05, 0) is 18.2 Å². The van der Waals surface area contributed by atoms with Crippen LogP contribution in [-0.4, -0.2) is 24.8 Å². The van der Waals surface area contributed by atoms with Gasteiger partial charge in [0.25, 0.3) is 5.91 Å². The van der Waals surface area contributed by atoms with E-state index in [-0.39, 0.29) is 18.4 Å². The average Bonchev–Trinajstić information content (AvgIpc) is 3.00. The van der Waals surface area contributed by atoms with Gasteiger partial charge in [-0.1, -0.05) is 0 Å². The molecule has 0 radical (unpaired) electrons. The fourth-order valence-electron chi connectivity index (χ4n) is 1.88. The molecule has 8 heteroatoms. The third-order valence-corrected chi connectivity index (χ3v) is 2.96. The molecule has 1 aromatic carbocycles. The van der Waals surface area contributed by atoms with Gasteiger partial charge in [0.15, 0.2) is 17.3 Å². The number of amides is 1. The van der Waals surface area contributed by atoms with Crippen LogP contribution in [0.4, 0.5) is 10.1 Å². The number of aromatic nitrogens is 1. The highest BCUT2D eigenvalue weighted by Gasteiger charge is 2.16. The molecule has 0 saturated heterocycles. The molecule has 0 atom stereocenters. The van der Waals surface area contributed by atoms with Gasteiger partial charge in [-0.3, -0.25) is 15.6 Å². The SMILES string of the molecule is COc1ncc(NNC(=O)c2ccc3c(c2)OCO3)cc1F. The van der Waals surface area contributed by atoms with Gasteiger partial charge in [-0.25, -0.2) is 9.37 Å². The van der Waals surface area contributed by atoms with Gasteiger partial charge >= 0.3 is 0 Å². The van der Waals surface area contributed by atoms with Crippen molar-refractivity contribution in [3.63, 3.8) is 0 Å². The van der Waals surface area contributed by atoms with Crippen LogP contribution in [0.2, 0.25) is 0 Å². The minimum atomic E-state index is -0.634. The first-order valence-electron chi connectivity index (χ1n) is 6.33. The lowest BCUT2D eigenvalue weighted by atomic mass is 10.2. The third-order valence-electron chi connectivity index (χ3n) is 2.96. The Hall–Kier alpha value is -3.03. The number of fused-ring (bicyclic) bond motifs is 1. The number of anilines is 1. The predicted molar refractivity (Wildman–Crippen MR) is 74.4 cm³/mol. The molecule has 22 heavy (non-hydrogen) atoms. The zero-order valence-electron chi connectivity index (χ0n) is 11.6. The van der Waals surface area contributed by atoms with Crippen LogP contribution in [0, 0.1) is 5.82 Å². The van der Waals surface area contributed by atoms with E-state index in [0.29, 0.717) is 17.1 Å². The highest BCUT2D eigenvalue weighted by molar-refractivity contribution is 5.95. The van der Waals surface area contributed by atoms with Crippen molar-refractivity contribution in [2.24, 2.45) is 0 Å². The van der Waals surface area contributed by atoms with Crippen LogP contribution in [0.15, 0.2) is 30.5 Å². The Bertz CT molecular complexity index is 723. The molecule has 0 bridgehead atoms. The summed E-state index contributed by atoms with van der Waals surface area (Å²) in [5, 5.41) is 0. The maximum Gasteiger partial charge on any atom is 0.269 e. The summed E-state index contributed by atoms with van der Waals surface area (Å²) in [6.07, 6.45) is 1.34. The normalized spacial score (nSPS) is 11.9. The van der Waals surface area contributed by atoms with Crippen LogP contribution in [0.25, 0.3) is 0 Å². The second kappa shape index (κ2) is 5.76. The summed E-state index contributed by atoms with van der Waals surface area (Å²) in [5.41, 5.74) is 5.67. The molecule has 1 aliphatic heterocycles. The molecular formula is C14H12FN3O4. The molecule has 1 aliphatic rings. The first-order valence-corrected chi connectivity index (χ1v) is 6.33. The van der Waals surface area contributed by atoms with E-state index in [1.807, 2.05) is 0 Å². The number of hydrogen-bond acceptors (Lipinski definition) is 6. The molecule has 114 valence electrons. The first-order chi connectivity index (χ1) is 10.7. The summed E-state index contributed by atoms with van der Waals surface area (Å²) < 4.78 is 28.6. The molecule has 7 nitrogen and oxygen atoms in total. The van der Waals surface area contributed by atoms with Gasteiger partial charge in [-0.15, -0.1) is 0 Å². The van der Waals surface area contributed by atoms with Gasteiger partial charge in [0.1, 0.15) is 0 Å². The molecule has 2 aromatic rings. The maximum absolute atomic E-state index is 13.5. The number of benzene rings is 1. The van der Waals surface area contributed by atoms with Crippen molar-refractivity contribution in [3.05, 3.63) is 41.8 Å². The Labute approximate surface area is 125 Å². The number of nitrogens with zero attached hydrogens (tertiary/aromatic N) is 1. The first kappa shape index (κ1) is 13.9. The lowest BCUT2D eigenvalue weighted by molar-refractivity contribution is 0.0962. The number of rotatable bonds is 4. The number of carbonyl (C=O) groups is 1. The summed E-state index contributed by atoms with van der Waals surface area (Å²) in [4.78, 5) is 15.8. The number of carbonyl (C=O) groups excluding carboxylic acids is 1. The average molecular weight is 305 g/mol. The number of halogens is 1. The van der Waals surface area contributed by atoms with E-state index in [2.05, 4.69) is 15.8 Å². The van der Waals surface area contributed by atoms with E-state index < -0.39 is 11.7 Å². The molecule has 0 fully saturated rings. The molecule has 0 spiro atoms. The Balaban J connectivity index is 1.66. The summed E-state index contributed by atoms with van der Waals surface area (Å²) in [7, 11) is 1.32. The van der Waals surface area contributed by atoms with Gasteiger partial charge in [-0.2, -0.15) is 0 Å². The van der Waals surface area contributed by atoms with Crippen molar-refractivity contribution >= 4 is 11.6 Å². The smallest absolute Gasteiger partial charge is 0.269 e. The Morgan fingerprint density at radius 2 is 2.14 bits per heavy atom. The van der Waals surface area contributed by atoms with E-state index in [0.717, 1.165) is 6.07 Å². The number of hydrazine groups is 1. The van der Waals surface area contributed by atoms with Gasteiger partial charge in [0.2, 0.25) is 12.7 Å². The molecule has 1 aromatic heterocycles. The zero-order chi connectivity index (χ0) is 15.5. The maximum atomic E-state index is 13.5.